The summed E-state index contributed by atoms with van der Waals surface area (Å²) in [6.45, 7) is 7.16. The molecule has 36 heavy (non-hydrogen) atoms. The van der Waals surface area contributed by atoms with Gasteiger partial charge in [0.25, 0.3) is 0 Å². The molecule has 1 saturated carbocycles. The third kappa shape index (κ3) is 13.4. The SMILES string of the molecule is CCCCCCCCC(CCCCCCCC)COC(=O)CC1CC(C(N)(CCCCC)C(=O)O)C1. The monoisotopic (exact) mass is 509 g/mol. The van der Waals surface area contributed by atoms with Crippen molar-refractivity contribution in [3.63, 3.8) is 0 Å². The number of rotatable bonds is 24. The number of nitrogens with two attached hydrogens (primary N) is 1. The number of carbonyl (C=O) groups is 2. The zero-order chi connectivity index (χ0) is 26.7. The third-order valence-corrected chi connectivity index (χ3v) is 8.42. The summed E-state index contributed by atoms with van der Waals surface area (Å²) in [5.74, 6) is -0.345. The number of carbonyl (C=O) groups excluding carboxylic acids is 1. The molecule has 5 heteroatoms. The molecular formula is C31H59NO4. The molecule has 5 nitrogen and oxygen atoms in total. The molecule has 0 radical (unpaired) electrons. The number of aliphatic carboxylic acids is 1. The van der Waals surface area contributed by atoms with Crippen molar-refractivity contribution in [2.45, 2.75) is 161 Å². The van der Waals surface area contributed by atoms with Crippen LogP contribution in [0.4, 0.5) is 0 Å². The lowest BCUT2D eigenvalue weighted by atomic mass is 9.63. The molecule has 0 spiro atoms. The summed E-state index contributed by atoms with van der Waals surface area (Å²) >= 11 is 0. The minimum Gasteiger partial charge on any atom is -0.480 e. The molecule has 1 aliphatic rings. The van der Waals surface area contributed by atoms with Gasteiger partial charge in [-0.05, 0) is 49.9 Å². The van der Waals surface area contributed by atoms with E-state index < -0.39 is 11.5 Å². The largest absolute Gasteiger partial charge is 0.480 e. The van der Waals surface area contributed by atoms with Gasteiger partial charge in [0.1, 0.15) is 5.54 Å². The highest BCUT2D eigenvalue weighted by atomic mass is 16.5. The molecule has 0 bridgehead atoms. The van der Waals surface area contributed by atoms with Gasteiger partial charge in [-0.1, -0.05) is 117 Å². The minimum absolute atomic E-state index is 0.0298. The van der Waals surface area contributed by atoms with Gasteiger partial charge in [-0.2, -0.15) is 0 Å². The van der Waals surface area contributed by atoms with Crippen molar-refractivity contribution in [2.24, 2.45) is 23.5 Å². The normalized spacial score (nSPS) is 19.1. The Morgan fingerprint density at radius 1 is 0.806 bits per heavy atom. The lowest BCUT2D eigenvalue weighted by Gasteiger charge is -2.44. The molecule has 0 aromatic carbocycles. The first kappa shape index (κ1) is 32.9. The van der Waals surface area contributed by atoms with E-state index in [1.54, 1.807) is 0 Å². The van der Waals surface area contributed by atoms with E-state index >= 15 is 0 Å². The molecular weight excluding hydrogens is 450 g/mol. The molecule has 0 heterocycles. The molecule has 1 unspecified atom stereocenters. The molecule has 212 valence electrons. The van der Waals surface area contributed by atoms with Crippen molar-refractivity contribution in [1.82, 2.24) is 0 Å². The minimum atomic E-state index is -1.14. The van der Waals surface area contributed by atoms with E-state index in [0.29, 0.717) is 25.4 Å². The second-order valence-corrected chi connectivity index (χ2v) is 11.7. The average molecular weight is 510 g/mol. The van der Waals surface area contributed by atoms with Crippen molar-refractivity contribution >= 4 is 11.9 Å². The van der Waals surface area contributed by atoms with Crippen molar-refractivity contribution in [3.8, 4) is 0 Å². The van der Waals surface area contributed by atoms with Gasteiger partial charge in [-0.15, -0.1) is 0 Å². The lowest BCUT2D eigenvalue weighted by Crippen LogP contribution is -2.58. The van der Waals surface area contributed by atoms with E-state index in [4.69, 9.17) is 10.5 Å². The Kier molecular flexibility index (Phi) is 18.2. The fourth-order valence-corrected chi connectivity index (χ4v) is 5.72. The molecule has 0 amide bonds. The van der Waals surface area contributed by atoms with Crippen LogP contribution in [0.2, 0.25) is 0 Å². The first-order valence-corrected chi connectivity index (χ1v) is 15.5. The molecule has 0 saturated heterocycles. The molecule has 0 aromatic rings. The van der Waals surface area contributed by atoms with Gasteiger partial charge in [0.15, 0.2) is 0 Å². The fraction of sp³-hybridized carbons (Fsp3) is 0.935. The number of esters is 1. The van der Waals surface area contributed by atoms with Gasteiger partial charge in [0.2, 0.25) is 0 Å². The predicted molar refractivity (Wildman–Crippen MR) is 150 cm³/mol. The van der Waals surface area contributed by atoms with Gasteiger partial charge in [-0.25, -0.2) is 0 Å². The number of ether oxygens (including phenoxy) is 1. The number of hydrogen-bond acceptors (Lipinski definition) is 4. The van der Waals surface area contributed by atoms with Crippen molar-refractivity contribution in [2.75, 3.05) is 6.61 Å². The summed E-state index contributed by atoms with van der Waals surface area (Å²) < 4.78 is 5.76. The first-order valence-electron chi connectivity index (χ1n) is 15.5. The van der Waals surface area contributed by atoms with Crippen LogP contribution in [0.5, 0.6) is 0 Å². The number of carboxylic acids is 1. The smallest absolute Gasteiger partial charge is 0.323 e. The summed E-state index contributed by atoms with van der Waals surface area (Å²) in [6.07, 6.45) is 23.2. The fourth-order valence-electron chi connectivity index (χ4n) is 5.72. The summed E-state index contributed by atoms with van der Waals surface area (Å²) in [5, 5.41) is 9.73. The average Bonchev–Trinajstić information content (AvgIpc) is 2.83. The standard InChI is InChI=1S/C31H59NO4/c1-4-7-10-12-14-16-19-26(20-17-15-13-11-8-5-2)25-36-29(33)24-27-22-28(23-27)31(32,30(34)35)21-18-9-6-3/h26-28H,4-25,32H2,1-3H3,(H,34,35). The first-order chi connectivity index (χ1) is 17.4. The van der Waals surface area contributed by atoms with Gasteiger partial charge in [0, 0.05) is 6.42 Å². The summed E-state index contributed by atoms with van der Waals surface area (Å²) in [6, 6.07) is 0. The summed E-state index contributed by atoms with van der Waals surface area (Å²) in [5.41, 5.74) is 5.19. The Labute approximate surface area is 222 Å². The van der Waals surface area contributed by atoms with E-state index in [2.05, 4.69) is 20.8 Å². The topological polar surface area (TPSA) is 89.6 Å². The molecule has 1 aliphatic carbocycles. The highest BCUT2D eigenvalue weighted by Crippen LogP contribution is 2.44. The Morgan fingerprint density at radius 3 is 1.78 bits per heavy atom. The van der Waals surface area contributed by atoms with Crippen molar-refractivity contribution in [3.05, 3.63) is 0 Å². The third-order valence-electron chi connectivity index (χ3n) is 8.42. The second-order valence-electron chi connectivity index (χ2n) is 11.7. The molecule has 0 aromatic heterocycles. The summed E-state index contributed by atoms with van der Waals surface area (Å²) in [4.78, 5) is 24.4. The number of unbranched alkanes of at least 4 members (excludes halogenated alkanes) is 12. The zero-order valence-corrected chi connectivity index (χ0v) is 24.0. The Balaban J connectivity index is 2.38. The molecule has 1 rings (SSSR count). The number of hydrogen-bond donors (Lipinski definition) is 2. The maximum atomic E-state index is 12.6. The van der Waals surface area contributed by atoms with Crippen molar-refractivity contribution in [1.29, 1.82) is 0 Å². The van der Waals surface area contributed by atoms with Crippen molar-refractivity contribution < 1.29 is 19.4 Å². The summed E-state index contributed by atoms with van der Waals surface area (Å²) in [7, 11) is 0. The van der Waals surface area contributed by atoms with E-state index in [0.717, 1.165) is 44.9 Å². The molecule has 3 N–H and O–H groups in total. The van der Waals surface area contributed by atoms with E-state index in [-0.39, 0.29) is 17.8 Å². The van der Waals surface area contributed by atoms with Crippen LogP contribution in [-0.4, -0.2) is 29.2 Å². The van der Waals surface area contributed by atoms with Crippen LogP contribution in [0.15, 0.2) is 0 Å². The Hall–Kier alpha value is -1.10. The Morgan fingerprint density at radius 2 is 1.28 bits per heavy atom. The quantitative estimate of drug-likeness (QED) is 0.101. The van der Waals surface area contributed by atoms with Crippen LogP contribution in [-0.2, 0) is 14.3 Å². The van der Waals surface area contributed by atoms with Crippen LogP contribution in [0.3, 0.4) is 0 Å². The molecule has 1 atom stereocenters. The van der Waals surface area contributed by atoms with Gasteiger partial charge in [-0.3, -0.25) is 9.59 Å². The van der Waals surface area contributed by atoms with Gasteiger partial charge >= 0.3 is 11.9 Å². The van der Waals surface area contributed by atoms with E-state index in [1.807, 2.05) is 0 Å². The van der Waals surface area contributed by atoms with Gasteiger partial charge in [0.05, 0.1) is 6.61 Å². The maximum Gasteiger partial charge on any atom is 0.323 e. The number of carboxylic acid groups (broad SMARTS) is 1. The van der Waals surface area contributed by atoms with E-state index in [1.165, 1.54) is 77.0 Å². The second kappa shape index (κ2) is 19.9. The molecule has 1 fully saturated rings. The van der Waals surface area contributed by atoms with Crippen LogP contribution in [0.25, 0.3) is 0 Å². The van der Waals surface area contributed by atoms with Crippen LogP contribution in [0, 0.1) is 17.8 Å². The van der Waals surface area contributed by atoms with Crippen LogP contribution in [0.1, 0.15) is 156 Å². The van der Waals surface area contributed by atoms with Crippen LogP contribution < -0.4 is 5.73 Å². The predicted octanol–water partition coefficient (Wildman–Crippen LogP) is 8.43. The highest BCUT2D eigenvalue weighted by Gasteiger charge is 2.48. The van der Waals surface area contributed by atoms with Gasteiger partial charge < -0.3 is 15.6 Å². The zero-order valence-electron chi connectivity index (χ0n) is 24.0. The lowest BCUT2D eigenvalue weighted by molar-refractivity contribution is -0.151. The maximum absolute atomic E-state index is 12.6. The highest BCUT2D eigenvalue weighted by molar-refractivity contribution is 5.79. The molecule has 0 aliphatic heterocycles. The Bertz CT molecular complexity index is 559. The van der Waals surface area contributed by atoms with E-state index in [9.17, 15) is 14.7 Å². The van der Waals surface area contributed by atoms with Crippen LogP contribution >= 0.6 is 0 Å².